The lowest BCUT2D eigenvalue weighted by Crippen LogP contribution is -2.61. The molecule has 0 atom stereocenters. The van der Waals surface area contributed by atoms with Gasteiger partial charge in [-0.15, -0.1) is 0 Å². The van der Waals surface area contributed by atoms with Crippen molar-refractivity contribution in [2.75, 3.05) is 0 Å². The molecule has 24 heavy (non-hydrogen) atoms. The molecule has 1 aromatic heterocycles. The average Bonchev–Trinajstić information content (AvgIpc) is 2.84. The molecule has 4 nitrogen and oxygen atoms in total. The second-order valence-electron chi connectivity index (χ2n) is 4.87. The highest BCUT2D eigenvalue weighted by molar-refractivity contribution is 5.87. The van der Waals surface area contributed by atoms with E-state index in [1.165, 1.54) is 0 Å². The van der Waals surface area contributed by atoms with Crippen LogP contribution < -0.4 is 0 Å². The molecule has 136 valence electrons. The third-order valence-electron chi connectivity index (χ3n) is 2.87. The Morgan fingerprint density at radius 2 is 1.62 bits per heavy atom. The van der Waals surface area contributed by atoms with Gasteiger partial charge in [0.05, 0.1) is 0 Å². The van der Waals surface area contributed by atoms with E-state index in [2.05, 4.69) is 5.10 Å². The number of nitrogens with one attached hydrogen (secondary N) is 1. The number of aromatic nitrogens is 2. The van der Waals surface area contributed by atoms with E-state index >= 15 is 0 Å². The molecule has 0 unspecified atom stereocenters. The van der Waals surface area contributed by atoms with Gasteiger partial charge in [0.15, 0.2) is 11.5 Å². The van der Waals surface area contributed by atoms with Gasteiger partial charge in [0.2, 0.25) is 0 Å². The lowest BCUT2D eigenvalue weighted by molar-refractivity contribution is -0.367. The highest BCUT2D eigenvalue weighted by Gasteiger charge is 2.82. The molecule has 0 amide bonds. The fourth-order valence-electron chi connectivity index (χ4n) is 1.58. The van der Waals surface area contributed by atoms with E-state index in [1.807, 2.05) is 0 Å². The van der Waals surface area contributed by atoms with Crippen LogP contribution in [-0.2, 0) is 10.7 Å². The summed E-state index contributed by atoms with van der Waals surface area (Å²) in [7, 11) is 0. The maximum atomic E-state index is 13.7. The van der Waals surface area contributed by atoms with Crippen molar-refractivity contribution < 1.29 is 45.0 Å². The number of hydrogen-bond donors (Lipinski definition) is 2. The molecule has 0 saturated carbocycles. The van der Waals surface area contributed by atoms with Crippen LogP contribution in [0, 0.1) is 6.92 Å². The monoisotopic (exact) mass is 366 g/mol. The first-order valence-electron chi connectivity index (χ1n) is 6.04. The van der Waals surface area contributed by atoms with Crippen LogP contribution >= 0.6 is 0 Å². The molecule has 2 N–H and O–H groups in total. The van der Waals surface area contributed by atoms with Crippen LogP contribution in [-0.4, -0.2) is 38.9 Å². The number of allylic oxidation sites excluding steroid dienone is 2. The molecular weight excluding hydrogens is 356 g/mol. The van der Waals surface area contributed by atoms with Gasteiger partial charge in [0.25, 0.3) is 0 Å². The molecule has 0 saturated heterocycles. The van der Waals surface area contributed by atoms with E-state index in [1.54, 1.807) is 5.10 Å². The molecule has 1 rings (SSSR count). The van der Waals surface area contributed by atoms with Gasteiger partial charge in [-0.2, -0.15) is 40.2 Å². The highest BCUT2D eigenvalue weighted by Crippen LogP contribution is 2.57. The quantitative estimate of drug-likeness (QED) is 0.458. The highest BCUT2D eigenvalue weighted by atomic mass is 19.4. The number of rotatable bonds is 6. The largest absolute Gasteiger partial charge is 0.506 e. The topological polar surface area (TPSA) is 66.0 Å². The summed E-state index contributed by atoms with van der Waals surface area (Å²) < 4.78 is 109. The molecule has 1 aromatic rings. The molecule has 0 aliphatic carbocycles. The van der Waals surface area contributed by atoms with Gasteiger partial charge in [0, 0.05) is 11.8 Å². The Labute approximate surface area is 129 Å². The van der Waals surface area contributed by atoms with Crippen LogP contribution in [0.15, 0.2) is 17.9 Å². The minimum Gasteiger partial charge on any atom is -0.506 e. The third-order valence-corrected chi connectivity index (χ3v) is 2.87. The molecule has 0 aliphatic rings. The Kier molecular flexibility index (Phi) is 4.76. The summed E-state index contributed by atoms with van der Waals surface area (Å²) in [6, 6.07) is 0.271. The van der Waals surface area contributed by atoms with E-state index in [0.717, 1.165) is 6.92 Å². The molecule has 0 fully saturated rings. The third kappa shape index (κ3) is 2.84. The lowest BCUT2D eigenvalue weighted by atomic mass is 9.95. The number of aliphatic hydroxyl groups is 1. The van der Waals surface area contributed by atoms with Crippen LogP contribution in [0.3, 0.4) is 0 Å². The van der Waals surface area contributed by atoms with Gasteiger partial charge in [-0.05, 0) is 19.9 Å². The number of H-pyrrole nitrogens is 1. The molecule has 0 aromatic carbocycles. The maximum Gasteiger partial charge on any atom is 0.386 e. The molecule has 0 bridgehead atoms. The molecule has 0 spiro atoms. The van der Waals surface area contributed by atoms with Crippen molar-refractivity contribution in [2.45, 2.75) is 37.5 Å². The predicted molar refractivity (Wildman–Crippen MR) is 63.5 cm³/mol. The number of halogens is 8. The minimum absolute atomic E-state index is 0.213. The number of aromatic amines is 1. The van der Waals surface area contributed by atoms with E-state index in [9.17, 15) is 39.9 Å². The number of carbonyl (C=O) groups is 1. The first-order valence-corrected chi connectivity index (χ1v) is 6.04. The summed E-state index contributed by atoms with van der Waals surface area (Å²) in [4.78, 5) is 10.5. The van der Waals surface area contributed by atoms with Crippen molar-refractivity contribution in [1.29, 1.82) is 0 Å². The smallest absolute Gasteiger partial charge is 0.386 e. The molecule has 0 radical (unpaired) electrons. The SMILES string of the molecule is CC(=O)/C=C(\O)C(F)(F)C(F)(F)C(F)(F)C(F)(F)c1cc(C)[nH]n1. The average molecular weight is 366 g/mol. The summed E-state index contributed by atoms with van der Waals surface area (Å²) in [6.07, 6.45) is -0.471. The Morgan fingerprint density at radius 1 is 1.12 bits per heavy atom. The van der Waals surface area contributed by atoms with Crippen LogP contribution in [0.1, 0.15) is 18.3 Å². The number of aliphatic hydroxyl groups excluding tert-OH is 1. The van der Waals surface area contributed by atoms with Gasteiger partial charge < -0.3 is 5.11 Å². The second-order valence-corrected chi connectivity index (χ2v) is 4.87. The zero-order chi connectivity index (χ0) is 19.1. The Morgan fingerprint density at radius 3 is 2.00 bits per heavy atom. The van der Waals surface area contributed by atoms with Crippen molar-refractivity contribution in [3.8, 4) is 0 Å². The first kappa shape index (κ1) is 19.9. The van der Waals surface area contributed by atoms with Crippen molar-refractivity contribution in [3.05, 3.63) is 29.3 Å². The molecule has 1 heterocycles. The van der Waals surface area contributed by atoms with Gasteiger partial charge >= 0.3 is 23.7 Å². The van der Waals surface area contributed by atoms with Gasteiger partial charge in [-0.3, -0.25) is 9.89 Å². The zero-order valence-electron chi connectivity index (χ0n) is 12.0. The summed E-state index contributed by atoms with van der Waals surface area (Å²) in [5, 5.41) is 13.3. The van der Waals surface area contributed by atoms with E-state index < -0.39 is 47.0 Å². The lowest BCUT2D eigenvalue weighted by Gasteiger charge is -2.35. The maximum absolute atomic E-state index is 13.7. The predicted octanol–water partition coefficient (Wildman–Crippen LogP) is 3.75. The number of nitrogens with zero attached hydrogens (tertiary/aromatic N) is 1. The Balaban J connectivity index is 3.45. The van der Waals surface area contributed by atoms with Gasteiger partial charge in [-0.1, -0.05) is 0 Å². The van der Waals surface area contributed by atoms with Crippen LogP contribution in [0.2, 0.25) is 0 Å². The van der Waals surface area contributed by atoms with Gasteiger partial charge in [-0.25, -0.2) is 0 Å². The normalized spacial score (nSPS) is 14.8. The standard InChI is InChI=1S/C12H10F8N2O2/c1-5-3-7(22-21-5)9(13,14)11(17,18)12(19,20)10(15,16)8(24)4-6(2)23/h3-4,24H,1-2H3,(H,21,22)/b8-4-. The molecular formula is C12H10F8N2O2. The fraction of sp³-hybridized carbons (Fsp3) is 0.500. The second kappa shape index (κ2) is 5.74. The minimum atomic E-state index is -6.74. The number of carbonyl (C=O) groups excluding carboxylic acids is 1. The first-order chi connectivity index (χ1) is 10.6. The van der Waals surface area contributed by atoms with Crippen molar-refractivity contribution >= 4 is 5.78 Å². The Bertz CT molecular complexity index is 666. The van der Waals surface area contributed by atoms with Crippen molar-refractivity contribution in [1.82, 2.24) is 10.2 Å². The summed E-state index contributed by atoms with van der Waals surface area (Å²) >= 11 is 0. The Hall–Kier alpha value is -2.14. The van der Waals surface area contributed by atoms with E-state index in [-0.39, 0.29) is 11.8 Å². The summed E-state index contributed by atoms with van der Waals surface area (Å²) in [5.74, 6) is -29.5. The van der Waals surface area contributed by atoms with Gasteiger partial charge in [0.1, 0.15) is 5.69 Å². The number of hydrogen-bond acceptors (Lipinski definition) is 3. The molecule has 0 aliphatic heterocycles. The number of alkyl halides is 8. The van der Waals surface area contributed by atoms with Crippen LogP contribution in [0.4, 0.5) is 35.1 Å². The summed E-state index contributed by atoms with van der Waals surface area (Å²) in [5.41, 5.74) is -2.11. The zero-order valence-corrected chi connectivity index (χ0v) is 12.0. The number of aryl methyl sites for hydroxylation is 1. The van der Waals surface area contributed by atoms with Crippen LogP contribution in [0.25, 0.3) is 0 Å². The number of ketones is 1. The van der Waals surface area contributed by atoms with E-state index in [4.69, 9.17) is 5.11 Å². The van der Waals surface area contributed by atoms with Crippen LogP contribution in [0.5, 0.6) is 0 Å². The molecule has 12 heteroatoms. The van der Waals surface area contributed by atoms with E-state index in [0.29, 0.717) is 6.92 Å². The fourth-order valence-corrected chi connectivity index (χ4v) is 1.58. The van der Waals surface area contributed by atoms with Crippen molar-refractivity contribution in [3.63, 3.8) is 0 Å². The summed E-state index contributed by atoms with van der Waals surface area (Å²) in [6.45, 7) is 1.63. The van der Waals surface area contributed by atoms with Crippen molar-refractivity contribution in [2.24, 2.45) is 0 Å².